The van der Waals surface area contributed by atoms with Gasteiger partial charge in [-0.3, -0.25) is 14.9 Å². The number of hydrogen-bond acceptors (Lipinski definition) is 8. The molecule has 6 amide bonds. The lowest BCUT2D eigenvalue weighted by Gasteiger charge is -2.29. The Balaban J connectivity index is 4.53. The van der Waals surface area contributed by atoms with Crippen LogP contribution in [0, 0.1) is 0 Å². The van der Waals surface area contributed by atoms with E-state index < -0.39 is 12.1 Å². The third kappa shape index (κ3) is 14.9. The summed E-state index contributed by atoms with van der Waals surface area (Å²) in [6, 6.07) is -1.11. The summed E-state index contributed by atoms with van der Waals surface area (Å²) in [4.78, 5) is 51.3. The van der Waals surface area contributed by atoms with Crippen LogP contribution in [0.25, 0.3) is 0 Å². The Kier molecular flexibility index (Phi) is 20.7. The van der Waals surface area contributed by atoms with Crippen molar-refractivity contribution in [1.82, 2.24) is 20.0 Å². The Morgan fingerprint density at radius 1 is 0.774 bits per heavy atom. The van der Waals surface area contributed by atoms with Gasteiger partial charge in [-0.15, -0.1) is 0 Å². The van der Waals surface area contributed by atoms with Gasteiger partial charge in [-0.25, -0.2) is 14.5 Å². The summed E-state index contributed by atoms with van der Waals surface area (Å²) in [5, 5.41) is 2.07. The van der Waals surface area contributed by atoms with Gasteiger partial charge in [-0.1, -0.05) is 0 Å². The number of carbonyl (C=O) groups is 4. The normalized spacial score (nSPS) is 10.4. The summed E-state index contributed by atoms with van der Waals surface area (Å²) in [6.45, 7) is 2.65. The largest absolute Gasteiger partial charge is 0.345 e. The van der Waals surface area contributed by atoms with Crippen LogP contribution in [0.2, 0.25) is 0 Å². The van der Waals surface area contributed by atoms with Crippen LogP contribution in [-0.4, -0.2) is 101 Å². The summed E-state index contributed by atoms with van der Waals surface area (Å²) >= 11 is 14.3. The molecule has 0 spiro atoms. The van der Waals surface area contributed by atoms with Gasteiger partial charge in [-0.2, -0.15) is 49.6 Å². The summed E-state index contributed by atoms with van der Waals surface area (Å²) in [5.74, 6) is 3.68. The maximum Gasteiger partial charge on any atom is 0.331 e. The minimum Gasteiger partial charge on any atom is -0.345 e. The van der Waals surface area contributed by atoms with Crippen LogP contribution >= 0.6 is 49.6 Å². The molecule has 0 aromatic heterocycles. The topological polar surface area (TPSA) is 90.0 Å². The van der Waals surface area contributed by atoms with E-state index in [2.05, 4.69) is 43.2 Å². The molecule has 0 rings (SSSR count). The van der Waals surface area contributed by atoms with Crippen LogP contribution in [0.1, 0.15) is 32.1 Å². The second kappa shape index (κ2) is 21.1. The van der Waals surface area contributed by atoms with E-state index in [0.29, 0.717) is 50.4 Å². The molecule has 0 aromatic carbocycles. The quantitative estimate of drug-likeness (QED) is 0.121. The van der Waals surface area contributed by atoms with Crippen molar-refractivity contribution in [2.24, 2.45) is 0 Å². The monoisotopic (exact) mass is 512 g/mol. The number of carbonyl (C=O) groups excluding carboxylic acids is 4. The van der Waals surface area contributed by atoms with Gasteiger partial charge < -0.3 is 9.80 Å². The maximum atomic E-state index is 12.9. The minimum atomic E-state index is -0.711. The Hall–Kier alpha value is -0.720. The van der Waals surface area contributed by atoms with E-state index in [-0.39, 0.29) is 13.0 Å². The predicted octanol–water partition coefficient (Wildman–Crippen LogP) is 2.51. The molecule has 0 radical (unpaired) electrons. The van der Waals surface area contributed by atoms with Crippen molar-refractivity contribution in [3.05, 3.63) is 0 Å². The van der Waals surface area contributed by atoms with Gasteiger partial charge in [0.25, 0.3) is 0 Å². The number of urea groups is 2. The van der Waals surface area contributed by atoms with Crippen LogP contribution in [0.5, 0.6) is 0 Å². The molecule has 0 fully saturated rings. The Bertz CT molecular complexity index is 509. The van der Waals surface area contributed by atoms with Crippen molar-refractivity contribution in [2.45, 2.75) is 32.1 Å². The molecule has 8 nitrogen and oxygen atoms in total. The average Bonchev–Trinajstić information content (AvgIpc) is 2.77. The van der Waals surface area contributed by atoms with Gasteiger partial charge >= 0.3 is 12.1 Å². The van der Waals surface area contributed by atoms with Crippen molar-refractivity contribution in [1.29, 1.82) is 0 Å². The highest BCUT2D eigenvalue weighted by molar-refractivity contribution is 7.99. The van der Waals surface area contributed by atoms with Gasteiger partial charge in [0, 0.05) is 32.7 Å². The summed E-state index contributed by atoms with van der Waals surface area (Å²) in [5.41, 5.74) is 0. The number of nitrogens with one attached hydrogen (secondary N) is 1. The first-order chi connectivity index (χ1) is 15.0. The van der Waals surface area contributed by atoms with Gasteiger partial charge in [0.05, 0.1) is 0 Å². The zero-order valence-electron chi connectivity index (χ0n) is 18.0. The standard InChI is InChI=1S/C19H36N4O4S4/c24-16-20-18(26)23(19(27)22(8-2-12-29)9-3-13-30)10-5-15-31-14-4-7-21(17-25)6-1-11-28/h16-17,28-30H,1-15H2,(H,20,24,26). The molecule has 0 aliphatic carbocycles. The van der Waals surface area contributed by atoms with Crippen molar-refractivity contribution in [3.8, 4) is 0 Å². The number of rotatable bonds is 19. The fourth-order valence-corrected chi connectivity index (χ4v) is 3.99. The van der Waals surface area contributed by atoms with Crippen molar-refractivity contribution >= 4 is 74.5 Å². The highest BCUT2D eigenvalue weighted by Crippen LogP contribution is 2.09. The summed E-state index contributed by atoms with van der Waals surface area (Å²) < 4.78 is 0. The van der Waals surface area contributed by atoms with Gasteiger partial charge in [-0.05, 0) is 60.9 Å². The highest BCUT2D eigenvalue weighted by atomic mass is 32.2. The number of imide groups is 2. The van der Waals surface area contributed by atoms with Crippen LogP contribution in [0.15, 0.2) is 0 Å². The van der Waals surface area contributed by atoms with E-state index >= 15 is 0 Å². The first-order valence-corrected chi connectivity index (χ1v) is 13.5. The third-order valence-corrected chi connectivity index (χ3v) is 6.36. The number of amides is 6. The second-order valence-electron chi connectivity index (χ2n) is 6.68. The molecule has 31 heavy (non-hydrogen) atoms. The molecule has 180 valence electrons. The van der Waals surface area contributed by atoms with Crippen LogP contribution in [-0.2, 0) is 9.59 Å². The Labute approximate surface area is 206 Å². The van der Waals surface area contributed by atoms with E-state index in [1.165, 1.54) is 0 Å². The number of thioether (sulfide) groups is 1. The van der Waals surface area contributed by atoms with Crippen molar-refractivity contribution in [3.63, 3.8) is 0 Å². The number of nitrogens with zero attached hydrogens (tertiary/aromatic N) is 3. The van der Waals surface area contributed by atoms with Gasteiger partial charge in [0.15, 0.2) is 0 Å². The molecule has 0 heterocycles. The van der Waals surface area contributed by atoms with E-state index in [0.717, 1.165) is 48.0 Å². The molecule has 0 saturated heterocycles. The third-order valence-electron chi connectivity index (χ3n) is 4.26. The summed E-state index contributed by atoms with van der Waals surface area (Å²) in [7, 11) is 0. The zero-order valence-corrected chi connectivity index (χ0v) is 21.5. The van der Waals surface area contributed by atoms with Gasteiger partial charge in [0.2, 0.25) is 12.8 Å². The van der Waals surface area contributed by atoms with E-state index in [4.69, 9.17) is 0 Å². The van der Waals surface area contributed by atoms with E-state index in [9.17, 15) is 19.2 Å². The van der Waals surface area contributed by atoms with Crippen LogP contribution < -0.4 is 5.32 Å². The zero-order chi connectivity index (χ0) is 23.3. The number of thiol groups is 3. The maximum absolute atomic E-state index is 12.9. The van der Waals surface area contributed by atoms with E-state index in [1.54, 1.807) is 21.6 Å². The minimum absolute atomic E-state index is 0.228. The van der Waals surface area contributed by atoms with Crippen molar-refractivity contribution in [2.75, 3.05) is 61.5 Å². The first-order valence-electron chi connectivity index (χ1n) is 10.5. The molecule has 0 bridgehead atoms. The smallest absolute Gasteiger partial charge is 0.331 e. The molecular formula is C19H36N4O4S4. The lowest BCUT2D eigenvalue weighted by atomic mass is 10.3. The van der Waals surface area contributed by atoms with Crippen LogP contribution in [0.4, 0.5) is 9.59 Å². The summed E-state index contributed by atoms with van der Waals surface area (Å²) in [6.07, 6.45) is 4.96. The lowest BCUT2D eigenvalue weighted by molar-refractivity contribution is -0.118. The Morgan fingerprint density at radius 3 is 1.81 bits per heavy atom. The average molecular weight is 513 g/mol. The molecule has 0 aromatic rings. The molecule has 0 aliphatic rings. The molecule has 0 atom stereocenters. The SMILES string of the molecule is O=CNC(=O)N(CCCSCCCN(C=O)CCCS)C(=O)N(CCCS)CCCS. The number of hydrogen-bond donors (Lipinski definition) is 4. The Morgan fingerprint density at radius 2 is 1.29 bits per heavy atom. The fourth-order valence-electron chi connectivity index (χ4n) is 2.70. The predicted molar refractivity (Wildman–Crippen MR) is 138 cm³/mol. The van der Waals surface area contributed by atoms with E-state index in [1.807, 2.05) is 0 Å². The second-order valence-corrected chi connectivity index (χ2v) is 9.25. The molecule has 0 saturated carbocycles. The molecule has 12 heteroatoms. The molecule has 0 unspecified atom stereocenters. The molecule has 1 N–H and O–H groups in total. The highest BCUT2D eigenvalue weighted by Gasteiger charge is 2.25. The van der Waals surface area contributed by atoms with Crippen LogP contribution in [0.3, 0.4) is 0 Å². The van der Waals surface area contributed by atoms with Gasteiger partial charge in [0.1, 0.15) is 0 Å². The lowest BCUT2D eigenvalue weighted by Crippen LogP contribution is -2.51. The molecular weight excluding hydrogens is 477 g/mol. The first kappa shape index (κ1) is 30.3. The van der Waals surface area contributed by atoms with Crippen molar-refractivity contribution < 1.29 is 19.2 Å². The fraction of sp³-hybridized carbons (Fsp3) is 0.789. The molecule has 0 aliphatic heterocycles.